The highest BCUT2D eigenvalue weighted by molar-refractivity contribution is 7.98. The molecule has 1 N–H and O–H groups in total. The molecule has 220 valence electrons. The van der Waals surface area contributed by atoms with E-state index < -0.39 is 28.5 Å². The summed E-state index contributed by atoms with van der Waals surface area (Å²) in [5.74, 6) is -0.192. The SMILES string of the molecule is CCOc1ccc(N(CC(=O)N(CCc2ccccc2)[C@@H](C)C(=O)NC(C)C)S(=O)(=O)c2ccc(SC)cc2)cc1. The molecule has 0 saturated heterocycles. The van der Waals surface area contributed by atoms with E-state index >= 15 is 0 Å². The number of hydrogen-bond donors (Lipinski definition) is 1. The number of anilines is 1. The Morgan fingerprint density at radius 3 is 2.12 bits per heavy atom. The minimum Gasteiger partial charge on any atom is -0.494 e. The fraction of sp³-hybridized carbons (Fsp3) is 0.355. The van der Waals surface area contributed by atoms with Crippen molar-refractivity contribution in [3.63, 3.8) is 0 Å². The van der Waals surface area contributed by atoms with Gasteiger partial charge in [-0.3, -0.25) is 13.9 Å². The summed E-state index contributed by atoms with van der Waals surface area (Å²) in [4.78, 5) is 29.4. The van der Waals surface area contributed by atoms with E-state index in [0.717, 1.165) is 14.8 Å². The van der Waals surface area contributed by atoms with Crippen LogP contribution in [-0.2, 0) is 26.0 Å². The third kappa shape index (κ3) is 8.74. The first-order chi connectivity index (χ1) is 19.6. The number of benzene rings is 3. The van der Waals surface area contributed by atoms with Crippen LogP contribution in [0.15, 0.2) is 88.7 Å². The van der Waals surface area contributed by atoms with Crippen molar-refractivity contribution in [3.05, 3.63) is 84.4 Å². The second-order valence-electron chi connectivity index (χ2n) is 9.78. The highest BCUT2D eigenvalue weighted by atomic mass is 32.2. The van der Waals surface area contributed by atoms with Gasteiger partial charge in [-0.05, 0) is 94.5 Å². The summed E-state index contributed by atoms with van der Waals surface area (Å²) in [6.07, 6.45) is 2.42. The smallest absolute Gasteiger partial charge is 0.264 e. The van der Waals surface area contributed by atoms with Crippen LogP contribution in [0.4, 0.5) is 5.69 Å². The second kappa shape index (κ2) is 14.9. The standard InChI is InChI=1S/C31H39N3O5S2/c1-6-39-27-14-12-26(13-15-27)34(41(37,38)29-18-16-28(40-5)17-19-29)22-30(35)33(24(4)31(36)32-23(2)3)21-20-25-10-8-7-9-11-25/h7-19,23-24H,6,20-22H2,1-5H3,(H,32,36)/t24-/m0/s1. The average molecular weight is 598 g/mol. The monoisotopic (exact) mass is 597 g/mol. The third-order valence-electron chi connectivity index (χ3n) is 6.44. The van der Waals surface area contributed by atoms with E-state index in [1.807, 2.05) is 57.4 Å². The number of thioether (sulfide) groups is 1. The van der Waals surface area contributed by atoms with Crippen LogP contribution in [0.1, 0.15) is 33.3 Å². The molecule has 0 aliphatic rings. The molecular formula is C31H39N3O5S2. The fourth-order valence-electron chi connectivity index (χ4n) is 4.25. The molecule has 41 heavy (non-hydrogen) atoms. The maximum absolute atomic E-state index is 14.0. The lowest BCUT2D eigenvalue weighted by Gasteiger charge is -2.32. The highest BCUT2D eigenvalue weighted by Crippen LogP contribution is 2.27. The van der Waals surface area contributed by atoms with Crippen LogP contribution < -0.4 is 14.4 Å². The molecule has 0 heterocycles. The van der Waals surface area contributed by atoms with Crippen molar-refractivity contribution in [1.82, 2.24) is 10.2 Å². The van der Waals surface area contributed by atoms with Crippen molar-refractivity contribution < 1.29 is 22.7 Å². The molecule has 10 heteroatoms. The predicted molar refractivity (Wildman–Crippen MR) is 165 cm³/mol. The van der Waals surface area contributed by atoms with Gasteiger partial charge in [0.25, 0.3) is 10.0 Å². The molecule has 0 bridgehead atoms. The summed E-state index contributed by atoms with van der Waals surface area (Å²) < 4.78 is 34.6. The molecule has 0 aliphatic heterocycles. The number of hydrogen-bond acceptors (Lipinski definition) is 6. The van der Waals surface area contributed by atoms with Crippen molar-refractivity contribution in [2.45, 2.75) is 56.0 Å². The van der Waals surface area contributed by atoms with E-state index in [4.69, 9.17) is 4.74 Å². The molecule has 0 fully saturated rings. The van der Waals surface area contributed by atoms with Gasteiger partial charge in [-0.1, -0.05) is 30.3 Å². The van der Waals surface area contributed by atoms with Crippen LogP contribution in [0.2, 0.25) is 0 Å². The molecule has 0 unspecified atom stereocenters. The number of sulfonamides is 1. The minimum atomic E-state index is -4.13. The zero-order valence-electron chi connectivity index (χ0n) is 24.2. The van der Waals surface area contributed by atoms with Gasteiger partial charge < -0.3 is 15.0 Å². The molecule has 8 nitrogen and oxygen atoms in total. The Hall–Kier alpha value is -3.50. The number of nitrogens with zero attached hydrogens (tertiary/aromatic N) is 2. The van der Waals surface area contributed by atoms with Crippen molar-refractivity contribution in [3.8, 4) is 5.75 Å². The fourth-order valence-corrected chi connectivity index (χ4v) is 6.08. The summed E-state index contributed by atoms with van der Waals surface area (Å²) in [5, 5.41) is 2.87. The lowest BCUT2D eigenvalue weighted by Crippen LogP contribution is -2.53. The van der Waals surface area contributed by atoms with Gasteiger partial charge >= 0.3 is 0 Å². The Balaban J connectivity index is 1.99. The molecule has 3 rings (SSSR count). The predicted octanol–water partition coefficient (Wildman–Crippen LogP) is 4.99. The summed E-state index contributed by atoms with van der Waals surface area (Å²) in [6.45, 7) is 7.46. The van der Waals surface area contributed by atoms with Crippen molar-refractivity contribution in [2.75, 3.05) is 30.3 Å². The lowest BCUT2D eigenvalue weighted by atomic mass is 10.1. The number of amides is 2. The minimum absolute atomic E-state index is 0.0680. The number of carbonyl (C=O) groups is 2. The topological polar surface area (TPSA) is 96.0 Å². The molecule has 0 saturated carbocycles. The molecule has 2 amide bonds. The van der Waals surface area contributed by atoms with Gasteiger partial charge in [-0.2, -0.15) is 0 Å². The van der Waals surface area contributed by atoms with Crippen molar-refractivity contribution in [1.29, 1.82) is 0 Å². The summed E-state index contributed by atoms with van der Waals surface area (Å²) in [7, 11) is -4.13. The first-order valence-corrected chi connectivity index (χ1v) is 16.3. The van der Waals surface area contributed by atoms with Crippen LogP contribution >= 0.6 is 11.8 Å². The van der Waals surface area contributed by atoms with E-state index in [9.17, 15) is 18.0 Å². The Morgan fingerprint density at radius 2 is 1.56 bits per heavy atom. The van der Waals surface area contributed by atoms with Crippen LogP contribution in [0.5, 0.6) is 5.75 Å². The second-order valence-corrected chi connectivity index (χ2v) is 12.5. The van der Waals surface area contributed by atoms with Crippen molar-refractivity contribution >= 4 is 39.3 Å². The average Bonchev–Trinajstić information content (AvgIpc) is 2.96. The zero-order valence-corrected chi connectivity index (χ0v) is 25.9. The number of nitrogens with one attached hydrogen (secondary N) is 1. The molecule has 0 aliphatic carbocycles. The van der Waals surface area contributed by atoms with Gasteiger partial charge in [-0.25, -0.2) is 8.42 Å². The van der Waals surface area contributed by atoms with Crippen LogP contribution in [-0.4, -0.2) is 63.2 Å². The van der Waals surface area contributed by atoms with Gasteiger partial charge in [-0.15, -0.1) is 11.8 Å². The number of carbonyl (C=O) groups excluding carboxylic acids is 2. The summed E-state index contributed by atoms with van der Waals surface area (Å²) in [6, 6.07) is 21.9. The van der Waals surface area contributed by atoms with E-state index in [-0.39, 0.29) is 23.4 Å². The normalized spacial score (nSPS) is 12.0. The molecule has 1 atom stereocenters. The Kier molecular flexibility index (Phi) is 11.7. The van der Waals surface area contributed by atoms with Crippen LogP contribution in [0, 0.1) is 0 Å². The number of rotatable bonds is 14. The van der Waals surface area contributed by atoms with E-state index in [1.54, 1.807) is 55.5 Å². The van der Waals surface area contributed by atoms with Crippen LogP contribution in [0.25, 0.3) is 0 Å². The molecular weight excluding hydrogens is 558 g/mol. The summed E-state index contributed by atoms with van der Waals surface area (Å²) in [5.41, 5.74) is 1.32. The van der Waals surface area contributed by atoms with Gasteiger partial charge in [0.05, 0.1) is 17.2 Å². The van der Waals surface area contributed by atoms with E-state index in [1.165, 1.54) is 16.7 Å². The van der Waals surface area contributed by atoms with Crippen LogP contribution in [0.3, 0.4) is 0 Å². The highest BCUT2D eigenvalue weighted by Gasteiger charge is 2.32. The maximum atomic E-state index is 14.0. The van der Waals surface area contributed by atoms with Gasteiger partial charge in [0.1, 0.15) is 18.3 Å². The molecule has 0 aromatic heterocycles. The molecule has 0 spiro atoms. The quantitative estimate of drug-likeness (QED) is 0.263. The molecule has 3 aromatic rings. The third-order valence-corrected chi connectivity index (χ3v) is 8.98. The maximum Gasteiger partial charge on any atom is 0.264 e. The Bertz CT molecular complexity index is 1380. The van der Waals surface area contributed by atoms with Gasteiger partial charge in [0, 0.05) is 17.5 Å². The first kappa shape index (κ1) is 32.0. The molecule has 3 aromatic carbocycles. The lowest BCUT2D eigenvalue weighted by molar-refractivity contribution is -0.139. The Labute approximate surface area is 248 Å². The summed E-state index contributed by atoms with van der Waals surface area (Å²) >= 11 is 1.51. The largest absolute Gasteiger partial charge is 0.494 e. The van der Waals surface area contributed by atoms with E-state index in [2.05, 4.69) is 5.32 Å². The van der Waals surface area contributed by atoms with E-state index in [0.29, 0.717) is 24.5 Å². The Morgan fingerprint density at radius 1 is 0.927 bits per heavy atom. The first-order valence-electron chi connectivity index (χ1n) is 13.6. The van der Waals surface area contributed by atoms with Gasteiger partial charge in [0.2, 0.25) is 11.8 Å². The number of ether oxygens (including phenoxy) is 1. The zero-order chi connectivity index (χ0) is 30.0. The van der Waals surface area contributed by atoms with Gasteiger partial charge in [0.15, 0.2) is 0 Å². The molecule has 0 radical (unpaired) electrons. The van der Waals surface area contributed by atoms with Crippen molar-refractivity contribution in [2.24, 2.45) is 0 Å².